The van der Waals surface area contributed by atoms with Crippen molar-refractivity contribution in [2.45, 2.75) is 24.2 Å². The second kappa shape index (κ2) is 9.39. The molecule has 1 heterocycles. The standard InChI is InChI=1S/C13H16N2O4S.CH4O/c16-7-2-1-3-13(17)14-6-8-20-12-5-4-10(15(18)19)9-11(12)14;1-2/h4-5,9,16H,1-3,6-8H2;2H,1H3. The van der Waals surface area contributed by atoms with Crippen LogP contribution in [0.5, 0.6) is 0 Å². The van der Waals surface area contributed by atoms with Gasteiger partial charge in [0, 0.05) is 49.5 Å². The second-order valence-corrected chi connectivity index (χ2v) is 5.62. The van der Waals surface area contributed by atoms with Gasteiger partial charge in [-0.2, -0.15) is 0 Å². The number of aliphatic hydroxyl groups is 2. The highest BCUT2D eigenvalue weighted by Gasteiger charge is 2.24. The van der Waals surface area contributed by atoms with Crippen LogP contribution < -0.4 is 4.90 Å². The van der Waals surface area contributed by atoms with Crippen LogP contribution in [-0.4, -0.2) is 47.1 Å². The van der Waals surface area contributed by atoms with Crippen LogP contribution in [0.25, 0.3) is 0 Å². The minimum absolute atomic E-state index is 0.000548. The van der Waals surface area contributed by atoms with E-state index >= 15 is 0 Å². The van der Waals surface area contributed by atoms with E-state index in [1.165, 1.54) is 12.1 Å². The van der Waals surface area contributed by atoms with Gasteiger partial charge in [0.2, 0.25) is 5.91 Å². The smallest absolute Gasteiger partial charge is 0.271 e. The number of carbonyl (C=O) groups is 1. The monoisotopic (exact) mass is 328 g/mol. The number of hydrogen-bond donors (Lipinski definition) is 2. The summed E-state index contributed by atoms with van der Waals surface area (Å²) < 4.78 is 0. The Hall–Kier alpha value is -1.64. The van der Waals surface area contributed by atoms with Crippen LogP contribution >= 0.6 is 11.8 Å². The maximum atomic E-state index is 12.2. The van der Waals surface area contributed by atoms with E-state index in [1.54, 1.807) is 22.7 Å². The van der Waals surface area contributed by atoms with Gasteiger partial charge in [0.15, 0.2) is 0 Å². The van der Waals surface area contributed by atoms with E-state index in [4.69, 9.17) is 10.2 Å². The van der Waals surface area contributed by atoms with E-state index in [-0.39, 0.29) is 18.2 Å². The minimum atomic E-state index is -0.450. The zero-order chi connectivity index (χ0) is 16.5. The van der Waals surface area contributed by atoms with Crippen molar-refractivity contribution in [1.82, 2.24) is 0 Å². The zero-order valence-corrected chi connectivity index (χ0v) is 13.2. The van der Waals surface area contributed by atoms with E-state index in [0.717, 1.165) is 17.8 Å². The number of aliphatic hydroxyl groups excluding tert-OH is 2. The molecule has 0 bridgehead atoms. The fourth-order valence-electron chi connectivity index (χ4n) is 2.10. The van der Waals surface area contributed by atoms with Crippen molar-refractivity contribution in [2.24, 2.45) is 0 Å². The number of unbranched alkanes of at least 4 members (excludes halogenated alkanes) is 1. The number of thioether (sulfide) groups is 1. The van der Waals surface area contributed by atoms with Gasteiger partial charge < -0.3 is 15.1 Å². The van der Waals surface area contributed by atoms with Crippen LogP contribution in [0.15, 0.2) is 23.1 Å². The molecule has 0 saturated heterocycles. The molecular formula is C14H20N2O5S. The van der Waals surface area contributed by atoms with Crippen molar-refractivity contribution in [3.8, 4) is 0 Å². The highest BCUT2D eigenvalue weighted by molar-refractivity contribution is 7.99. The molecule has 0 radical (unpaired) electrons. The summed E-state index contributed by atoms with van der Waals surface area (Å²) in [5, 5.41) is 26.6. The van der Waals surface area contributed by atoms with Crippen molar-refractivity contribution in [2.75, 3.05) is 30.9 Å². The average Bonchev–Trinajstić information content (AvgIpc) is 2.55. The molecule has 0 spiro atoms. The Morgan fingerprint density at radius 2 is 2.14 bits per heavy atom. The zero-order valence-electron chi connectivity index (χ0n) is 12.4. The molecule has 1 aliphatic heterocycles. The molecule has 8 heteroatoms. The lowest BCUT2D eigenvalue weighted by Crippen LogP contribution is -2.35. The van der Waals surface area contributed by atoms with Crippen LogP contribution in [0.3, 0.4) is 0 Å². The summed E-state index contributed by atoms with van der Waals surface area (Å²) in [6.07, 6.45) is 1.58. The molecule has 1 amide bonds. The number of non-ortho nitro benzene ring substituents is 1. The lowest BCUT2D eigenvalue weighted by molar-refractivity contribution is -0.384. The van der Waals surface area contributed by atoms with Crippen LogP contribution in [0, 0.1) is 10.1 Å². The van der Waals surface area contributed by atoms with Gasteiger partial charge in [-0.25, -0.2) is 0 Å². The van der Waals surface area contributed by atoms with Crippen molar-refractivity contribution in [3.05, 3.63) is 28.3 Å². The highest BCUT2D eigenvalue weighted by atomic mass is 32.2. The first-order valence-corrected chi connectivity index (χ1v) is 7.89. The van der Waals surface area contributed by atoms with Gasteiger partial charge >= 0.3 is 0 Å². The summed E-state index contributed by atoms with van der Waals surface area (Å²) in [5.41, 5.74) is 0.629. The summed E-state index contributed by atoms with van der Waals surface area (Å²) in [6.45, 7) is 0.641. The number of hydrogen-bond acceptors (Lipinski definition) is 6. The maximum absolute atomic E-state index is 12.2. The topological polar surface area (TPSA) is 104 Å². The minimum Gasteiger partial charge on any atom is -0.400 e. The van der Waals surface area contributed by atoms with E-state index in [9.17, 15) is 14.9 Å². The average molecular weight is 328 g/mol. The Bertz CT molecular complexity index is 524. The summed E-state index contributed by atoms with van der Waals surface area (Å²) in [6, 6.07) is 4.63. The second-order valence-electron chi connectivity index (χ2n) is 4.48. The van der Waals surface area contributed by atoms with Gasteiger partial charge in [0.1, 0.15) is 0 Å². The molecule has 0 fully saturated rings. The number of nitro benzene ring substituents is 1. The van der Waals surface area contributed by atoms with Gasteiger partial charge in [-0.05, 0) is 18.9 Å². The van der Waals surface area contributed by atoms with E-state index in [0.29, 0.717) is 31.5 Å². The molecule has 22 heavy (non-hydrogen) atoms. The lowest BCUT2D eigenvalue weighted by Gasteiger charge is -2.28. The quantitative estimate of drug-likeness (QED) is 0.485. The van der Waals surface area contributed by atoms with Crippen LogP contribution in [0.1, 0.15) is 19.3 Å². The SMILES string of the molecule is CO.O=C(CCCCO)N1CCSc2ccc([N+](=O)[O-])cc21. The number of fused-ring (bicyclic) bond motifs is 1. The van der Waals surface area contributed by atoms with Gasteiger partial charge in [-0.15, -0.1) is 11.8 Å². The third-order valence-electron chi connectivity index (χ3n) is 3.12. The van der Waals surface area contributed by atoms with Crippen molar-refractivity contribution < 1.29 is 19.9 Å². The molecule has 0 aromatic heterocycles. The van der Waals surface area contributed by atoms with Gasteiger partial charge in [-0.1, -0.05) is 0 Å². The normalized spacial score (nSPS) is 13.0. The van der Waals surface area contributed by atoms with Crippen molar-refractivity contribution in [1.29, 1.82) is 0 Å². The number of nitrogens with zero attached hydrogens (tertiary/aromatic N) is 2. The Morgan fingerprint density at radius 3 is 2.77 bits per heavy atom. The molecule has 1 aromatic carbocycles. The highest BCUT2D eigenvalue weighted by Crippen LogP contribution is 2.37. The van der Waals surface area contributed by atoms with E-state index in [2.05, 4.69) is 0 Å². The molecule has 122 valence electrons. The third-order valence-corrected chi connectivity index (χ3v) is 4.16. The summed E-state index contributed by atoms with van der Waals surface area (Å²) in [4.78, 5) is 25.1. The maximum Gasteiger partial charge on any atom is 0.271 e. The Kier molecular flexibility index (Phi) is 7.86. The number of anilines is 1. The predicted molar refractivity (Wildman–Crippen MR) is 85.3 cm³/mol. The summed E-state index contributed by atoms with van der Waals surface area (Å²) >= 11 is 1.60. The number of nitro groups is 1. The fraction of sp³-hybridized carbons (Fsp3) is 0.500. The summed E-state index contributed by atoms with van der Waals surface area (Å²) in [7, 11) is 1.00. The van der Waals surface area contributed by atoms with Crippen LogP contribution in [0.2, 0.25) is 0 Å². The summed E-state index contributed by atoms with van der Waals surface area (Å²) in [5.74, 6) is 0.747. The van der Waals surface area contributed by atoms with Gasteiger partial charge in [0.25, 0.3) is 5.69 Å². The molecule has 0 aliphatic carbocycles. The molecule has 0 atom stereocenters. The molecule has 7 nitrogen and oxygen atoms in total. The first kappa shape index (κ1) is 18.4. The van der Waals surface area contributed by atoms with Gasteiger partial charge in [0.05, 0.1) is 10.6 Å². The number of amides is 1. The predicted octanol–water partition coefficient (Wildman–Crippen LogP) is 1.80. The van der Waals surface area contributed by atoms with Crippen molar-refractivity contribution in [3.63, 3.8) is 0 Å². The molecule has 1 aliphatic rings. The number of benzene rings is 1. The van der Waals surface area contributed by atoms with Crippen molar-refractivity contribution >= 4 is 29.0 Å². The number of carbonyl (C=O) groups excluding carboxylic acids is 1. The molecule has 1 aromatic rings. The Balaban J connectivity index is 0.00000116. The lowest BCUT2D eigenvalue weighted by atomic mass is 10.2. The molecule has 2 N–H and O–H groups in total. The van der Waals surface area contributed by atoms with Crippen LogP contribution in [0.4, 0.5) is 11.4 Å². The fourth-order valence-corrected chi connectivity index (χ4v) is 3.08. The number of rotatable bonds is 5. The molecular weight excluding hydrogens is 308 g/mol. The largest absolute Gasteiger partial charge is 0.400 e. The molecule has 2 rings (SSSR count). The Labute approximate surface area is 133 Å². The van der Waals surface area contributed by atoms with E-state index < -0.39 is 4.92 Å². The molecule has 0 unspecified atom stereocenters. The van der Waals surface area contributed by atoms with E-state index in [1.807, 2.05) is 0 Å². The van der Waals surface area contributed by atoms with Gasteiger partial charge in [-0.3, -0.25) is 14.9 Å². The molecule has 0 saturated carbocycles. The first-order chi connectivity index (χ1) is 10.6. The first-order valence-electron chi connectivity index (χ1n) is 6.90. The Morgan fingerprint density at radius 1 is 1.41 bits per heavy atom. The van der Waals surface area contributed by atoms with Crippen LogP contribution in [-0.2, 0) is 4.79 Å². The third kappa shape index (κ3) is 4.69.